The van der Waals surface area contributed by atoms with Crippen LogP contribution < -0.4 is 14.4 Å². The molecule has 6 rings (SSSR count). The van der Waals surface area contributed by atoms with Crippen LogP contribution in [0.15, 0.2) is 48.0 Å². The Balaban J connectivity index is 1.54. The quantitative estimate of drug-likeness (QED) is 0.199. The molecule has 12 heteroatoms. The van der Waals surface area contributed by atoms with Gasteiger partial charge >= 0.3 is 0 Å². The smallest absolute Gasteiger partial charge is 0.254 e. The fraction of sp³-hybridized carbons (Fsp3) is 0.419. The molecule has 9 nitrogen and oxygen atoms in total. The molecule has 43 heavy (non-hydrogen) atoms. The molecule has 0 bridgehead atoms. The van der Waals surface area contributed by atoms with E-state index in [4.69, 9.17) is 32.7 Å². The van der Waals surface area contributed by atoms with Gasteiger partial charge in [0.15, 0.2) is 9.75 Å². The number of imide groups is 2. The minimum atomic E-state index is -2.07. The highest BCUT2D eigenvalue weighted by molar-refractivity contribution is 9.09. The maximum atomic E-state index is 14.2. The van der Waals surface area contributed by atoms with Crippen LogP contribution in [0.2, 0.25) is 0 Å². The van der Waals surface area contributed by atoms with E-state index in [1.807, 2.05) is 25.1 Å². The van der Waals surface area contributed by atoms with Crippen molar-refractivity contribution in [3.63, 3.8) is 0 Å². The van der Waals surface area contributed by atoms with Gasteiger partial charge in [-0.25, -0.2) is 0 Å². The van der Waals surface area contributed by atoms with Crippen LogP contribution in [0.3, 0.4) is 0 Å². The molecule has 6 atom stereocenters. The van der Waals surface area contributed by atoms with Crippen LogP contribution in [-0.2, 0) is 25.6 Å². The van der Waals surface area contributed by atoms with E-state index in [2.05, 4.69) is 15.9 Å². The SMILES string of the molecule is CCc1ccc(N2C(=O)C3CC=C4C(CC5(Cl)C(=O)N(CBr)C(=O)C5(Cl)C4c4c(O)cc(OC)cc4OC)C3C2=O)cc1. The van der Waals surface area contributed by atoms with E-state index in [0.29, 0.717) is 17.0 Å². The lowest BCUT2D eigenvalue weighted by molar-refractivity contribution is -0.138. The molecule has 2 aromatic rings. The number of carbonyl (C=O) groups is 4. The molecule has 1 saturated carbocycles. The number of fused-ring (bicyclic) bond motifs is 4. The minimum absolute atomic E-state index is 0.138. The summed E-state index contributed by atoms with van der Waals surface area (Å²) in [5.74, 6) is -5.48. The highest BCUT2D eigenvalue weighted by Crippen LogP contribution is 2.67. The maximum absolute atomic E-state index is 14.2. The first kappa shape index (κ1) is 30.0. The van der Waals surface area contributed by atoms with Crippen molar-refractivity contribution in [3.8, 4) is 17.2 Å². The number of phenolic OH excluding ortho intramolecular Hbond substituents is 1. The second-order valence-electron chi connectivity index (χ2n) is 11.3. The van der Waals surface area contributed by atoms with Crippen LogP contribution in [0.1, 0.15) is 36.8 Å². The minimum Gasteiger partial charge on any atom is -0.507 e. The standard InChI is InChI=1S/C31H29BrCl2N2O7/c1-4-15-5-7-16(8-6-15)36-26(38)19-10-9-18-20(23(19)27(36)39)13-30(33)28(40)35(14-32)29(41)31(30,34)25(18)24-21(37)11-17(42-2)12-22(24)43-3/h5-9,11-12,19-20,23,25,37H,4,10,13-14H2,1-3H3. The molecule has 3 fully saturated rings. The number of halogens is 3. The van der Waals surface area contributed by atoms with Crippen LogP contribution in [-0.4, -0.2) is 63.1 Å². The Morgan fingerprint density at radius 3 is 2.30 bits per heavy atom. The molecule has 2 heterocycles. The molecule has 2 aliphatic heterocycles. The van der Waals surface area contributed by atoms with Crippen LogP contribution in [0.5, 0.6) is 17.2 Å². The molecular weight excluding hydrogens is 663 g/mol. The third-order valence-corrected chi connectivity index (χ3v) is 11.4. The van der Waals surface area contributed by atoms with Gasteiger partial charge in [0.05, 0.1) is 37.2 Å². The zero-order valence-electron chi connectivity index (χ0n) is 23.6. The van der Waals surface area contributed by atoms with Gasteiger partial charge < -0.3 is 14.6 Å². The van der Waals surface area contributed by atoms with Crippen molar-refractivity contribution in [2.75, 3.05) is 24.6 Å². The van der Waals surface area contributed by atoms with Crippen LogP contribution >= 0.6 is 39.1 Å². The van der Waals surface area contributed by atoms with Gasteiger partial charge in [-0.1, -0.05) is 46.6 Å². The van der Waals surface area contributed by atoms with E-state index in [9.17, 15) is 24.3 Å². The largest absolute Gasteiger partial charge is 0.507 e. The Labute approximate surface area is 266 Å². The molecule has 0 radical (unpaired) electrons. The normalized spacial score (nSPS) is 31.5. The van der Waals surface area contributed by atoms with Gasteiger partial charge in [0.2, 0.25) is 11.8 Å². The number of hydrogen-bond donors (Lipinski definition) is 1. The first-order valence-electron chi connectivity index (χ1n) is 13.9. The number of amides is 4. The highest BCUT2D eigenvalue weighted by Gasteiger charge is 2.76. The average molecular weight is 692 g/mol. The molecular formula is C31H29BrCl2N2O7. The first-order valence-corrected chi connectivity index (χ1v) is 15.8. The number of nitrogens with zero attached hydrogens (tertiary/aromatic N) is 2. The zero-order valence-corrected chi connectivity index (χ0v) is 26.7. The van der Waals surface area contributed by atoms with Crippen LogP contribution in [0.25, 0.3) is 0 Å². The fourth-order valence-corrected chi connectivity index (χ4v) is 8.78. The van der Waals surface area contributed by atoms with E-state index < -0.39 is 51.1 Å². The summed E-state index contributed by atoms with van der Waals surface area (Å²) < 4.78 is 10.9. The van der Waals surface area contributed by atoms with Gasteiger partial charge in [-0.2, -0.15) is 0 Å². The number of anilines is 1. The molecule has 1 N–H and O–H groups in total. The number of phenols is 1. The Bertz CT molecular complexity index is 1600. The second-order valence-corrected chi connectivity index (χ2v) is 13.0. The van der Waals surface area contributed by atoms with Crippen molar-refractivity contribution in [2.24, 2.45) is 17.8 Å². The summed E-state index contributed by atoms with van der Waals surface area (Å²) >= 11 is 17.8. The molecule has 226 valence electrons. The Morgan fingerprint density at radius 2 is 1.70 bits per heavy atom. The van der Waals surface area contributed by atoms with Crippen molar-refractivity contribution in [1.82, 2.24) is 4.90 Å². The van der Waals surface area contributed by atoms with E-state index in [0.717, 1.165) is 16.9 Å². The molecule has 2 saturated heterocycles. The second kappa shape index (κ2) is 10.5. The molecule has 0 spiro atoms. The topological polar surface area (TPSA) is 113 Å². The molecule has 0 aromatic heterocycles. The third-order valence-electron chi connectivity index (χ3n) is 9.46. The number of ether oxygens (including phenoxy) is 2. The van der Waals surface area contributed by atoms with Gasteiger partial charge in [-0.05, 0) is 42.9 Å². The van der Waals surface area contributed by atoms with Gasteiger partial charge in [0, 0.05) is 23.6 Å². The summed E-state index contributed by atoms with van der Waals surface area (Å²) in [6, 6.07) is 10.2. The number of rotatable bonds is 6. The van der Waals surface area contributed by atoms with E-state index in [-0.39, 0.29) is 41.3 Å². The number of benzene rings is 2. The Kier molecular flexibility index (Phi) is 7.34. The summed E-state index contributed by atoms with van der Waals surface area (Å²) in [4.78, 5) is 53.8. The van der Waals surface area contributed by atoms with Gasteiger partial charge in [-0.3, -0.25) is 29.0 Å². The van der Waals surface area contributed by atoms with E-state index in [1.54, 1.807) is 12.1 Å². The van der Waals surface area contributed by atoms with E-state index >= 15 is 0 Å². The summed E-state index contributed by atoms with van der Waals surface area (Å²) in [6.45, 7) is 2.02. The summed E-state index contributed by atoms with van der Waals surface area (Å²) in [5.41, 5.74) is 2.07. The number of methoxy groups -OCH3 is 2. The van der Waals surface area contributed by atoms with Crippen LogP contribution in [0, 0.1) is 17.8 Å². The average Bonchev–Trinajstić information content (AvgIpc) is 3.34. The predicted octanol–water partition coefficient (Wildman–Crippen LogP) is 4.89. The van der Waals surface area contributed by atoms with Crippen molar-refractivity contribution >= 4 is 68.4 Å². The number of carbonyl (C=O) groups excluding carboxylic acids is 4. The lowest BCUT2D eigenvalue weighted by atomic mass is 9.56. The molecule has 4 amide bonds. The summed E-state index contributed by atoms with van der Waals surface area (Å²) in [5, 5.41) is 11.3. The fourth-order valence-electron chi connectivity index (χ4n) is 7.37. The lowest BCUT2D eigenvalue weighted by Gasteiger charge is -2.51. The first-order chi connectivity index (χ1) is 20.5. The van der Waals surface area contributed by atoms with Crippen molar-refractivity contribution < 1.29 is 33.8 Å². The molecule has 4 aliphatic rings. The number of alkyl halides is 3. The summed E-state index contributed by atoms with van der Waals surface area (Å²) in [6.07, 6.45) is 2.66. The number of aromatic hydroxyl groups is 1. The van der Waals surface area contributed by atoms with Crippen molar-refractivity contribution in [3.05, 3.63) is 59.2 Å². The Morgan fingerprint density at radius 1 is 1.00 bits per heavy atom. The van der Waals surface area contributed by atoms with Gasteiger partial charge in [0.25, 0.3) is 11.8 Å². The predicted molar refractivity (Wildman–Crippen MR) is 163 cm³/mol. The maximum Gasteiger partial charge on any atom is 0.254 e. The number of hydrogen-bond acceptors (Lipinski definition) is 7. The zero-order chi connectivity index (χ0) is 31.0. The monoisotopic (exact) mass is 690 g/mol. The number of allylic oxidation sites excluding steroid dienone is 2. The van der Waals surface area contributed by atoms with Crippen molar-refractivity contribution in [1.29, 1.82) is 0 Å². The lowest BCUT2D eigenvalue weighted by Crippen LogP contribution is -2.60. The third kappa shape index (κ3) is 3.95. The van der Waals surface area contributed by atoms with Gasteiger partial charge in [-0.15, -0.1) is 23.2 Å². The molecule has 2 aromatic carbocycles. The highest BCUT2D eigenvalue weighted by atomic mass is 79.9. The molecule has 2 aliphatic carbocycles. The number of likely N-dealkylation sites (tertiary alicyclic amines) is 1. The van der Waals surface area contributed by atoms with Crippen molar-refractivity contribution in [2.45, 2.75) is 41.9 Å². The van der Waals surface area contributed by atoms with Crippen LogP contribution in [0.4, 0.5) is 5.69 Å². The Hall–Kier alpha value is -3.08. The summed E-state index contributed by atoms with van der Waals surface area (Å²) in [7, 11) is 2.82. The molecule has 6 unspecified atom stereocenters. The number of aryl methyl sites for hydroxylation is 1. The van der Waals surface area contributed by atoms with Gasteiger partial charge in [0.1, 0.15) is 17.2 Å². The van der Waals surface area contributed by atoms with E-state index in [1.165, 1.54) is 31.3 Å².